The summed E-state index contributed by atoms with van der Waals surface area (Å²) in [7, 11) is 1.35. The summed E-state index contributed by atoms with van der Waals surface area (Å²) < 4.78 is 4.26. The number of methoxy groups -OCH3 is 1. The number of esters is 1. The molecule has 0 aromatic carbocycles. The standard InChI is InChI=1S/C4H5GeO2/c1-7-4(6)2-3-5/h2-3H,1H3. The van der Waals surface area contributed by atoms with Gasteiger partial charge in [-0.1, -0.05) is 0 Å². The summed E-state index contributed by atoms with van der Waals surface area (Å²) in [5.41, 5.74) is 0. The van der Waals surface area contributed by atoms with Crippen LogP contribution in [-0.4, -0.2) is 29.6 Å². The minimum atomic E-state index is -0.303. The SMILES string of the molecule is COC(=O)C=[CH][Ge]. The van der Waals surface area contributed by atoms with E-state index in [-0.39, 0.29) is 5.97 Å². The van der Waals surface area contributed by atoms with Crippen LogP contribution < -0.4 is 0 Å². The summed E-state index contributed by atoms with van der Waals surface area (Å²) >= 11 is 1.76. The summed E-state index contributed by atoms with van der Waals surface area (Å²) in [6.07, 6.45) is 1.36. The van der Waals surface area contributed by atoms with Crippen molar-refractivity contribution in [2.24, 2.45) is 0 Å². The topological polar surface area (TPSA) is 26.3 Å². The van der Waals surface area contributed by atoms with Crippen LogP contribution in [0.15, 0.2) is 11.0 Å². The summed E-state index contributed by atoms with van der Waals surface area (Å²) in [5.74, 6) is -0.303. The molecule has 0 saturated carbocycles. The van der Waals surface area contributed by atoms with Crippen LogP contribution in [0.4, 0.5) is 0 Å². The van der Waals surface area contributed by atoms with Crippen molar-refractivity contribution < 1.29 is 9.53 Å². The number of carbonyl (C=O) groups is 1. The van der Waals surface area contributed by atoms with Crippen LogP contribution in [0.25, 0.3) is 0 Å². The Kier molecular flexibility index (Phi) is 3.79. The van der Waals surface area contributed by atoms with E-state index in [2.05, 4.69) is 4.74 Å². The van der Waals surface area contributed by atoms with Crippen LogP contribution in [0.5, 0.6) is 0 Å². The van der Waals surface area contributed by atoms with E-state index in [1.54, 1.807) is 21.4 Å². The van der Waals surface area contributed by atoms with Gasteiger partial charge in [0, 0.05) is 0 Å². The summed E-state index contributed by atoms with van der Waals surface area (Å²) in [6, 6.07) is 0. The van der Waals surface area contributed by atoms with Crippen molar-refractivity contribution in [3.8, 4) is 0 Å². The monoisotopic (exact) mass is 159 g/mol. The van der Waals surface area contributed by atoms with Gasteiger partial charge < -0.3 is 0 Å². The Morgan fingerprint density at radius 3 is 2.57 bits per heavy atom. The molecule has 0 aromatic rings. The molecule has 0 aliphatic carbocycles. The minimum absolute atomic E-state index is 0.303. The molecule has 0 aliphatic rings. The molecule has 0 atom stereocenters. The van der Waals surface area contributed by atoms with Crippen LogP contribution >= 0.6 is 0 Å². The average Bonchev–Trinajstić information content (AvgIpc) is 1.68. The molecule has 7 heavy (non-hydrogen) atoms. The second-order valence-corrected chi connectivity index (χ2v) is 1.56. The number of carbonyl (C=O) groups excluding carboxylic acids is 1. The summed E-state index contributed by atoms with van der Waals surface area (Å²) in [5, 5.41) is 0. The molecule has 37 valence electrons. The van der Waals surface area contributed by atoms with Crippen molar-refractivity contribution in [3.63, 3.8) is 0 Å². The molecule has 0 spiro atoms. The Hall–Kier alpha value is -0.247. The third kappa shape index (κ3) is 3.59. The van der Waals surface area contributed by atoms with Crippen molar-refractivity contribution in [1.82, 2.24) is 0 Å². The van der Waals surface area contributed by atoms with Gasteiger partial charge in [0.1, 0.15) is 0 Å². The van der Waals surface area contributed by atoms with Crippen molar-refractivity contribution in [3.05, 3.63) is 11.0 Å². The Morgan fingerprint density at radius 2 is 2.43 bits per heavy atom. The Morgan fingerprint density at radius 1 is 1.86 bits per heavy atom. The van der Waals surface area contributed by atoms with Gasteiger partial charge in [-0.3, -0.25) is 0 Å². The zero-order valence-electron chi connectivity index (χ0n) is 3.97. The summed E-state index contributed by atoms with van der Waals surface area (Å²) in [4.78, 5) is 11.7. The molecule has 0 amide bonds. The van der Waals surface area contributed by atoms with Gasteiger partial charge >= 0.3 is 50.1 Å². The van der Waals surface area contributed by atoms with E-state index in [0.29, 0.717) is 0 Å². The van der Waals surface area contributed by atoms with E-state index in [4.69, 9.17) is 0 Å². The Balaban J connectivity index is 3.37. The van der Waals surface area contributed by atoms with Crippen LogP contribution in [0.3, 0.4) is 0 Å². The van der Waals surface area contributed by atoms with Crippen molar-refractivity contribution in [2.75, 3.05) is 7.11 Å². The van der Waals surface area contributed by atoms with Gasteiger partial charge in [-0.25, -0.2) is 0 Å². The van der Waals surface area contributed by atoms with Crippen molar-refractivity contribution in [1.29, 1.82) is 0 Å². The molecule has 0 heterocycles. The maximum atomic E-state index is 10.1. The fourth-order valence-electron chi connectivity index (χ4n) is 0.136. The van der Waals surface area contributed by atoms with E-state index in [1.807, 2.05) is 0 Å². The number of hydrogen-bond acceptors (Lipinski definition) is 2. The van der Waals surface area contributed by atoms with Gasteiger partial charge in [-0.05, 0) is 0 Å². The zero-order valence-corrected chi connectivity index (χ0v) is 6.07. The Bertz CT molecular complexity index is 87.7. The van der Waals surface area contributed by atoms with Gasteiger partial charge in [0.05, 0.1) is 0 Å². The average molecular weight is 158 g/mol. The van der Waals surface area contributed by atoms with E-state index < -0.39 is 0 Å². The van der Waals surface area contributed by atoms with Gasteiger partial charge in [0.25, 0.3) is 0 Å². The van der Waals surface area contributed by atoms with Crippen molar-refractivity contribution >= 4 is 22.5 Å². The number of rotatable bonds is 1. The normalized spacial score (nSPS) is 9.43. The first kappa shape index (κ1) is 6.75. The first-order chi connectivity index (χ1) is 3.31. The zero-order chi connectivity index (χ0) is 5.70. The molecule has 0 fully saturated rings. The molecular weight excluding hydrogens is 153 g/mol. The summed E-state index contributed by atoms with van der Waals surface area (Å²) in [6.45, 7) is 0. The van der Waals surface area contributed by atoms with E-state index in [1.165, 1.54) is 13.2 Å². The second kappa shape index (κ2) is 3.93. The van der Waals surface area contributed by atoms with Crippen LogP contribution in [0, 0.1) is 0 Å². The van der Waals surface area contributed by atoms with Crippen LogP contribution in [-0.2, 0) is 9.53 Å². The number of ether oxygens (including phenoxy) is 1. The first-order valence-electron chi connectivity index (χ1n) is 1.73. The fraction of sp³-hybridized carbons (Fsp3) is 0.250. The van der Waals surface area contributed by atoms with Gasteiger partial charge in [-0.15, -0.1) is 0 Å². The van der Waals surface area contributed by atoms with E-state index in [9.17, 15) is 4.79 Å². The first-order valence-corrected chi connectivity index (χ1v) is 2.94. The predicted molar refractivity (Wildman–Crippen MR) is 26.9 cm³/mol. The quantitative estimate of drug-likeness (QED) is 0.301. The molecule has 0 bridgehead atoms. The Labute approximate surface area is 50.8 Å². The molecule has 2 nitrogen and oxygen atoms in total. The van der Waals surface area contributed by atoms with Gasteiger partial charge in [-0.2, -0.15) is 0 Å². The fourth-order valence-corrected chi connectivity index (χ4v) is 0.422. The van der Waals surface area contributed by atoms with Gasteiger partial charge in [0.2, 0.25) is 0 Å². The molecule has 0 rings (SSSR count). The predicted octanol–water partition coefficient (Wildman–Crippen LogP) is -0.158. The third-order valence-corrected chi connectivity index (χ3v) is 0.770. The molecule has 0 unspecified atom stereocenters. The molecule has 3 heteroatoms. The molecule has 0 N–H and O–H groups in total. The molecule has 0 saturated heterocycles. The molecule has 0 aliphatic heterocycles. The number of hydrogen-bond donors (Lipinski definition) is 0. The maximum absolute atomic E-state index is 10.1. The van der Waals surface area contributed by atoms with E-state index >= 15 is 0 Å². The van der Waals surface area contributed by atoms with E-state index in [0.717, 1.165) is 0 Å². The van der Waals surface area contributed by atoms with Crippen LogP contribution in [0.1, 0.15) is 0 Å². The third-order valence-electron chi connectivity index (χ3n) is 0.421. The molecule has 0 aromatic heterocycles. The molecular formula is C4H5GeO2. The molecule has 3 radical (unpaired) electrons. The van der Waals surface area contributed by atoms with Crippen LogP contribution in [0.2, 0.25) is 0 Å². The van der Waals surface area contributed by atoms with Crippen molar-refractivity contribution in [2.45, 2.75) is 0 Å². The second-order valence-electron chi connectivity index (χ2n) is 0.856. The van der Waals surface area contributed by atoms with Gasteiger partial charge in [0.15, 0.2) is 0 Å².